The van der Waals surface area contributed by atoms with Crippen molar-refractivity contribution >= 4 is 36.0 Å². The largest absolute Gasteiger partial charge is 0.450 e. The second-order valence-electron chi connectivity index (χ2n) is 7.83. The molecule has 3 N–H and O–H groups in total. The molecule has 1 saturated carbocycles. The van der Waals surface area contributed by atoms with Gasteiger partial charge in [-0.1, -0.05) is 6.92 Å². The van der Waals surface area contributed by atoms with Gasteiger partial charge in [0.15, 0.2) is 5.96 Å². The van der Waals surface area contributed by atoms with Crippen molar-refractivity contribution in [2.75, 3.05) is 45.9 Å². The summed E-state index contributed by atoms with van der Waals surface area (Å²) in [5, 5.41) is 9.69. The summed E-state index contributed by atoms with van der Waals surface area (Å²) in [5.41, 5.74) is 0. The number of aliphatic imine (C=N–C) groups is 1. The molecule has 0 aromatic carbocycles. The molecule has 1 heterocycles. The van der Waals surface area contributed by atoms with E-state index in [2.05, 4.69) is 34.7 Å². The number of carbonyl (C=O) groups is 1. The molecule has 0 aromatic rings. The lowest BCUT2D eigenvalue weighted by Crippen LogP contribution is -2.42. The molecule has 164 valence electrons. The van der Waals surface area contributed by atoms with Crippen LogP contribution >= 0.6 is 24.0 Å². The van der Waals surface area contributed by atoms with Crippen LogP contribution in [0.1, 0.15) is 52.9 Å². The van der Waals surface area contributed by atoms with Crippen LogP contribution in [-0.2, 0) is 4.74 Å². The quantitative estimate of drug-likeness (QED) is 0.183. The first kappa shape index (κ1) is 25.3. The Morgan fingerprint density at radius 3 is 2.50 bits per heavy atom. The smallest absolute Gasteiger partial charge is 0.407 e. The number of likely N-dealkylation sites (tertiary alicyclic amines) is 1. The lowest BCUT2D eigenvalue weighted by atomic mass is 9.99. The summed E-state index contributed by atoms with van der Waals surface area (Å²) in [4.78, 5) is 19.0. The molecular weight excluding hydrogens is 469 g/mol. The van der Waals surface area contributed by atoms with E-state index < -0.39 is 0 Å². The second-order valence-corrected chi connectivity index (χ2v) is 7.83. The van der Waals surface area contributed by atoms with Crippen molar-refractivity contribution in [3.63, 3.8) is 0 Å². The Hall–Kier alpha value is -0.770. The van der Waals surface area contributed by atoms with Crippen molar-refractivity contribution in [1.29, 1.82) is 0 Å². The van der Waals surface area contributed by atoms with Gasteiger partial charge in [-0.15, -0.1) is 24.0 Å². The zero-order valence-electron chi connectivity index (χ0n) is 17.8. The Morgan fingerprint density at radius 1 is 1.18 bits per heavy atom. The average Bonchev–Trinajstić information content (AvgIpc) is 3.48. The molecule has 2 rings (SSSR count). The number of piperidine rings is 1. The molecule has 0 aromatic heterocycles. The molecule has 2 fully saturated rings. The predicted molar refractivity (Wildman–Crippen MR) is 126 cm³/mol. The van der Waals surface area contributed by atoms with Crippen LogP contribution in [0, 0.1) is 11.8 Å². The van der Waals surface area contributed by atoms with E-state index in [0.29, 0.717) is 19.1 Å². The maximum absolute atomic E-state index is 11.7. The van der Waals surface area contributed by atoms with Gasteiger partial charge in [0.1, 0.15) is 0 Å². The van der Waals surface area contributed by atoms with Crippen LogP contribution in [0.5, 0.6) is 0 Å². The van der Waals surface area contributed by atoms with Gasteiger partial charge in [-0.3, -0.25) is 4.99 Å². The van der Waals surface area contributed by atoms with Gasteiger partial charge in [-0.2, -0.15) is 0 Å². The average molecular weight is 509 g/mol. The summed E-state index contributed by atoms with van der Waals surface area (Å²) < 4.78 is 5.01. The molecule has 7 nitrogen and oxygen atoms in total. The highest BCUT2D eigenvalue weighted by molar-refractivity contribution is 14.0. The van der Waals surface area contributed by atoms with Crippen molar-refractivity contribution in [1.82, 2.24) is 20.9 Å². The molecule has 2 aliphatic rings. The Bertz CT molecular complexity index is 466. The number of ether oxygens (including phenoxy) is 1. The van der Waals surface area contributed by atoms with Crippen LogP contribution in [-0.4, -0.2) is 68.9 Å². The molecule has 8 heteroatoms. The number of carbonyl (C=O) groups excluding carboxylic acids is 1. The van der Waals surface area contributed by atoms with Crippen molar-refractivity contribution in [2.24, 2.45) is 16.8 Å². The third-order valence-electron chi connectivity index (χ3n) is 5.38. The number of halogens is 1. The molecule has 1 aliphatic heterocycles. The number of amides is 1. The summed E-state index contributed by atoms with van der Waals surface area (Å²) in [6.07, 6.45) is 5.75. The van der Waals surface area contributed by atoms with E-state index in [9.17, 15) is 4.79 Å². The topological polar surface area (TPSA) is 78.0 Å². The van der Waals surface area contributed by atoms with Gasteiger partial charge in [0.25, 0.3) is 0 Å². The predicted octanol–water partition coefficient (Wildman–Crippen LogP) is 2.81. The van der Waals surface area contributed by atoms with E-state index in [4.69, 9.17) is 9.73 Å². The zero-order valence-corrected chi connectivity index (χ0v) is 20.2. The number of hydrogen-bond acceptors (Lipinski definition) is 4. The minimum atomic E-state index is -0.335. The summed E-state index contributed by atoms with van der Waals surface area (Å²) in [5.74, 6) is 2.25. The lowest BCUT2D eigenvalue weighted by molar-refractivity contribution is 0.147. The summed E-state index contributed by atoms with van der Waals surface area (Å²) >= 11 is 0. The number of alkyl carbamates (subject to hydrolysis) is 1. The summed E-state index contributed by atoms with van der Waals surface area (Å²) in [6.45, 7) is 12.6. The van der Waals surface area contributed by atoms with Gasteiger partial charge in [-0.05, 0) is 77.4 Å². The Labute approximate surface area is 187 Å². The van der Waals surface area contributed by atoms with E-state index >= 15 is 0 Å². The van der Waals surface area contributed by atoms with Crippen molar-refractivity contribution in [3.05, 3.63) is 0 Å². The normalized spacial score (nSPS) is 19.5. The van der Waals surface area contributed by atoms with Gasteiger partial charge in [0.2, 0.25) is 0 Å². The molecule has 1 atom stereocenters. The van der Waals surface area contributed by atoms with Crippen LogP contribution in [0.4, 0.5) is 4.79 Å². The highest BCUT2D eigenvalue weighted by Crippen LogP contribution is 2.32. The fourth-order valence-corrected chi connectivity index (χ4v) is 3.46. The first-order valence-electron chi connectivity index (χ1n) is 10.8. The van der Waals surface area contributed by atoms with Gasteiger partial charge < -0.3 is 25.6 Å². The standard InChI is InChI=1S/C20H39N5O2.HI/c1-4-21-19(22-11-6-12-25-13-9-16(3)10-14-25)23-15-18(17-7-8-17)24-20(26)27-5-2;/h16-18H,4-15H2,1-3H3,(H,24,26)(H2,21,22,23);1H. The Kier molecular flexibility index (Phi) is 12.9. The minimum Gasteiger partial charge on any atom is -0.450 e. The van der Waals surface area contributed by atoms with Gasteiger partial charge >= 0.3 is 6.09 Å². The second kappa shape index (κ2) is 14.3. The lowest BCUT2D eigenvalue weighted by Gasteiger charge is -2.30. The fraction of sp³-hybridized carbons (Fsp3) is 0.900. The van der Waals surface area contributed by atoms with Crippen molar-refractivity contribution in [3.8, 4) is 0 Å². The number of nitrogens with zero attached hydrogens (tertiary/aromatic N) is 2. The van der Waals surface area contributed by atoms with E-state index in [0.717, 1.165) is 50.8 Å². The maximum atomic E-state index is 11.7. The maximum Gasteiger partial charge on any atom is 0.407 e. The van der Waals surface area contributed by atoms with Gasteiger partial charge in [0.05, 0.1) is 19.2 Å². The monoisotopic (exact) mass is 509 g/mol. The van der Waals surface area contributed by atoms with Crippen LogP contribution in [0.3, 0.4) is 0 Å². The van der Waals surface area contributed by atoms with Crippen molar-refractivity contribution in [2.45, 2.75) is 58.9 Å². The van der Waals surface area contributed by atoms with E-state index in [1.54, 1.807) is 0 Å². The fourth-order valence-electron chi connectivity index (χ4n) is 3.46. The number of guanidine groups is 1. The molecule has 1 amide bonds. The van der Waals surface area contributed by atoms with Gasteiger partial charge in [0, 0.05) is 13.1 Å². The van der Waals surface area contributed by atoms with E-state index in [1.165, 1.54) is 25.9 Å². The number of rotatable bonds is 10. The van der Waals surface area contributed by atoms with Crippen molar-refractivity contribution < 1.29 is 9.53 Å². The number of hydrogen-bond donors (Lipinski definition) is 3. The van der Waals surface area contributed by atoms with Crippen LogP contribution in [0.2, 0.25) is 0 Å². The SMILES string of the molecule is CCNC(=NCC(NC(=O)OCC)C1CC1)NCCCN1CCC(C)CC1.I. The minimum absolute atomic E-state index is 0. The van der Waals surface area contributed by atoms with Crippen LogP contribution < -0.4 is 16.0 Å². The molecule has 28 heavy (non-hydrogen) atoms. The van der Waals surface area contributed by atoms with Gasteiger partial charge in [-0.25, -0.2) is 4.79 Å². The third kappa shape index (κ3) is 10.1. The molecule has 1 saturated heterocycles. The molecule has 0 bridgehead atoms. The van der Waals surface area contributed by atoms with Crippen LogP contribution in [0.15, 0.2) is 4.99 Å². The summed E-state index contributed by atoms with van der Waals surface area (Å²) in [7, 11) is 0. The molecular formula is C20H40IN5O2. The summed E-state index contributed by atoms with van der Waals surface area (Å²) in [6, 6.07) is 0.0647. The highest BCUT2D eigenvalue weighted by atomic mass is 127. The van der Waals surface area contributed by atoms with E-state index in [1.807, 2.05) is 6.92 Å². The van der Waals surface area contributed by atoms with E-state index in [-0.39, 0.29) is 36.1 Å². The molecule has 1 unspecified atom stereocenters. The Balaban J connectivity index is 0.00000392. The number of nitrogens with one attached hydrogen (secondary N) is 3. The molecule has 0 spiro atoms. The molecule has 1 aliphatic carbocycles. The molecule has 0 radical (unpaired) electrons. The zero-order chi connectivity index (χ0) is 19.5. The third-order valence-corrected chi connectivity index (χ3v) is 5.38. The highest BCUT2D eigenvalue weighted by Gasteiger charge is 2.32. The Morgan fingerprint density at radius 2 is 1.89 bits per heavy atom. The van der Waals surface area contributed by atoms with Crippen LogP contribution in [0.25, 0.3) is 0 Å². The first-order valence-corrected chi connectivity index (χ1v) is 10.8. The first-order chi connectivity index (χ1) is 13.1.